The maximum Gasteiger partial charge on any atom is 0.343 e. The molecule has 0 fully saturated rings. The van der Waals surface area contributed by atoms with Crippen LogP contribution in [-0.4, -0.2) is 5.97 Å². The van der Waals surface area contributed by atoms with Crippen molar-refractivity contribution in [3.05, 3.63) is 64.7 Å². The molecule has 0 radical (unpaired) electrons. The summed E-state index contributed by atoms with van der Waals surface area (Å²) in [6.45, 7) is 1.92. The molecule has 102 valence electrons. The highest BCUT2D eigenvalue weighted by Gasteiger charge is 2.14. The Morgan fingerprint density at radius 2 is 1.75 bits per heavy atom. The number of carbonyl (C=O) groups is 1. The van der Waals surface area contributed by atoms with Crippen LogP contribution in [-0.2, 0) is 12.8 Å². The maximum atomic E-state index is 12.2. The Kier molecular flexibility index (Phi) is 3.55. The topological polar surface area (TPSA) is 26.3 Å². The number of hydrogen-bond acceptors (Lipinski definition) is 2. The van der Waals surface area contributed by atoms with Gasteiger partial charge in [0.2, 0.25) is 0 Å². The van der Waals surface area contributed by atoms with E-state index in [1.165, 1.54) is 24.0 Å². The summed E-state index contributed by atoms with van der Waals surface area (Å²) in [4.78, 5) is 12.2. The summed E-state index contributed by atoms with van der Waals surface area (Å²) in [6, 6.07) is 13.5. The molecule has 0 saturated carbocycles. The number of fused-ring (bicyclic) bond motifs is 1. The third-order valence-corrected chi connectivity index (χ3v) is 3.90. The van der Waals surface area contributed by atoms with Crippen molar-refractivity contribution < 1.29 is 9.53 Å². The fraction of sp³-hybridized carbons (Fsp3) is 0.278. The molecule has 0 saturated heterocycles. The molecule has 0 amide bonds. The van der Waals surface area contributed by atoms with Crippen molar-refractivity contribution in [2.75, 3.05) is 0 Å². The van der Waals surface area contributed by atoms with Gasteiger partial charge < -0.3 is 4.74 Å². The van der Waals surface area contributed by atoms with Crippen molar-refractivity contribution in [3.63, 3.8) is 0 Å². The van der Waals surface area contributed by atoms with E-state index in [0.29, 0.717) is 11.3 Å². The van der Waals surface area contributed by atoms with Gasteiger partial charge in [0.25, 0.3) is 0 Å². The molecule has 20 heavy (non-hydrogen) atoms. The van der Waals surface area contributed by atoms with Gasteiger partial charge >= 0.3 is 5.97 Å². The van der Waals surface area contributed by atoms with E-state index in [9.17, 15) is 4.79 Å². The largest absolute Gasteiger partial charge is 0.423 e. The monoisotopic (exact) mass is 266 g/mol. The number of esters is 1. The molecule has 1 aliphatic carbocycles. The summed E-state index contributed by atoms with van der Waals surface area (Å²) in [7, 11) is 0. The molecule has 2 nitrogen and oxygen atoms in total. The van der Waals surface area contributed by atoms with Crippen LogP contribution in [0.3, 0.4) is 0 Å². The van der Waals surface area contributed by atoms with E-state index in [-0.39, 0.29) is 5.97 Å². The predicted molar refractivity (Wildman–Crippen MR) is 79.2 cm³/mol. The lowest BCUT2D eigenvalue weighted by Gasteiger charge is -2.16. The first-order valence-electron chi connectivity index (χ1n) is 7.13. The number of ether oxygens (including phenoxy) is 1. The molecule has 0 spiro atoms. The minimum absolute atomic E-state index is 0.279. The average Bonchev–Trinajstić information content (AvgIpc) is 2.47. The second kappa shape index (κ2) is 5.49. The first kappa shape index (κ1) is 12.9. The second-order valence-corrected chi connectivity index (χ2v) is 5.34. The maximum absolute atomic E-state index is 12.2. The number of hydrogen-bond donors (Lipinski definition) is 0. The normalized spacial score (nSPS) is 13.7. The van der Waals surface area contributed by atoms with Gasteiger partial charge in [0.1, 0.15) is 5.75 Å². The zero-order chi connectivity index (χ0) is 13.9. The molecule has 0 unspecified atom stereocenters. The number of aryl methyl sites for hydroxylation is 3. The second-order valence-electron chi connectivity index (χ2n) is 5.34. The predicted octanol–water partition coefficient (Wildman–Crippen LogP) is 4.09. The van der Waals surface area contributed by atoms with Crippen LogP contribution in [0.1, 0.15) is 39.9 Å². The molecule has 1 aliphatic rings. The highest BCUT2D eigenvalue weighted by atomic mass is 16.5. The van der Waals surface area contributed by atoms with Gasteiger partial charge in [0.15, 0.2) is 0 Å². The third kappa shape index (κ3) is 2.60. The van der Waals surface area contributed by atoms with Gasteiger partial charge in [0.05, 0.1) is 5.56 Å². The van der Waals surface area contributed by atoms with Crippen LogP contribution < -0.4 is 4.74 Å². The van der Waals surface area contributed by atoms with Gasteiger partial charge in [-0.25, -0.2) is 4.79 Å². The van der Waals surface area contributed by atoms with Gasteiger partial charge in [0, 0.05) is 0 Å². The van der Waals surface area contributed by atoms with E-state index in [1.54, 1.807) is 6.07 Å². The number of benzene rings is 2. The Morgan fingerprint density at radius 1 is 1.00 bits per heavy atom. The quantitative estimate of drug-likeness (QED) is 0.604. The van der Waals surface area contributed by atoms with Crippen molar-refractivity contribution in [3.8, 4) is 5.75 Å². The van der Waals surface area contributed by atoms with Gasteiger partial charge in [-0.3, -0.25) is 0 Å². The number of carbonyl (C=O) groups excluding carboxylic acids is 1. The summed E-state index contributed by atoms with van der Waals surface area (Å²) < 4.78 is 5.51. The van der Waals surface area contributed by atoms with Crippen molar-refractivity contribution >= 4 is 5.97 Å². The van der Waals surface area contributed by atoms with E-state index in [4.69, 9.17) is 4.74 Å². The Hall–Kier alpha value is -2.09. The van der Waals surface area contributed by atoms with E-state index in [2.05, 4.69) is 6.07 Å². The first-order chi connectivity index (χ1) is 9.74. The van der Waals surface area contributed by atoms with Crippen LogP contribution in [0.2, 0.25) is 0 Å². The minimum Gasteiger partial charge on any atom is -0.423 e. The van der Waals surface area contributed by atoms with Crippen LogP contribution in [0.25, 0.3) is 0 Å². The van der Waals surface area contributed by atoms with Crippen molar-refractivity contribution in [2.45, 2.75) is 32.6 Å². The SMILES string of the molecule is Cc1ccccc1C(=O)Oc1ccc2c(c1)CCCC2. The molecule has 0 bridgehead atoms. The fourth-order valence-corrected chi connectivity index (χ4v) is 2.74. The first-order valence-corrected chi connectivity index (χ1v) is 7.13. The van der Waals surface area contributed by atoms with Crippen LogP contribution in [0.5, 0.6) is 5.75 Å². The van der Waals surface area contributed by atoms with Crippen molar-refractivity contribution in [2.24, 2.45) is 0 Å². The number of rotatable bonds is 2. The van der Waals surface area contributed by atoms with Crippen LogP contribution in [0, 0.1) is 6.92 Å². The molecular formula is C18H18O2. The van der Waals surface area contributed by atoms with Gasteiger partial charge in [-0.05, 0) is 67.5 Å². The fourth-order valence-electron chi connectivity index (χ4n) is 2.74. The zero-order valence-corrected chi connectivity index (χ0v) is 11.7. The summed E-state index contributed by atoms with van der Waals surface area (Å²) in [5.41, 5.74) is 4.29. The van der Waals surface area contributed by atoms with Gasteiger partial charge in [-0.1, -0.05) is 24.3 Å². The molecule has 2 heteroatoms. The lowest BCUT2D eigenvalue weighted by Crippen LogP contribution is -2.11. The third-order valence-electron chi connectivity index (χ3n) is 3.90. The van der Waals surface area contributed by atoms with Crippen molar-refractivity contribution in [1.82, 2.24) is 0 Å². The highest BCUT2D eigenvalue weighted by molar-refractivity contribution is 5.92. The molecule has 2 aromatic carbocycles. The summed E-state index contributed by atoms with van der Waals surface area (Å²) in [6.07, 6.45) is 4.71. The Bertz CT molecular complexity index is 644. The Balaban J connectivity index is 1.81. The zero-order valence-electron chi connectivity index (χ0n) is 11.7. The lowest BCUT2D eigenvalue weighted by molar-refractivity contribution is 0.0734. The molecule has 0 heterocycles. The van der Waals surface area contributed by atoms with Crippen molar-refractivity contribution in [1.29, 1.82) is 0 Å². The van der Waals surface area contributed by atoms with Crippen LogP contribution in [0.4, 0.5) is 0 Å². The molecule has 0 atom stereocenters. The average molecular weight is 266 g/mol. The van der Waals surface area contributed by atoms with E-state index in [0.717, 1.165) is 18.4 Å². The standard InChI is InChI=1S/C18H18O2/c1-13-6-2-5-9-17(13)18(19)20-16-11-10-14-7-3-4-8-15(14)12-16/h2,5-6,9-12H,3-4,7-8H2,1H3. The summed E-state index contributed by atoms with van der Waals surface area (Å²) in [5.74, 6) is 0.373. The van der Waals surface area contributed by atoms with E-state index >= 15 is 0 Å². The van der Waals surface area contributed by atoms with Crippen LogP contribution in [0.15, 0.2) is 42.5 Å². The molecule has 0 aliphatic heterocycles. The molecule has 2 aromatic rings. The van der Waals surface area contributed by atoms with Gasteiger partial charge in [-0.2, -0.15) is 0 Å². The molecule has 3 rings (SSSR count). The smallest absolute Gasteiger partial charge is 0.343 e. The lowest BCUT2D eigenvalue weighted by atomic mass is 9.92. The Morgan fingerprint density at radius 3 is 2.55 bits per heavy atom. The minimum atomic E-state index is -0.279. The highest BCUT2D eigenvalue weighted by Crippen LogP contribution is 2.26. The summed E-state index contributed by atoms with van der Waals surface area (Å²) in [5, 5.41) is 0. The molecule has 0 N–H and O–H groups in total. The summed E-state index contributed by atoms with van der Waals surface area (Å²) >= 11 is 0. The Labute approximate surface area is 119 Å². The molecule has 0 aromatic heterocycles. The van der Waals surface area contributed by atoms with E-state index < -0.39 is 0 Å². The van der Waals surface area contributed by atoms with Gasteiger partial charge in [-0.15, -0.1) is 0 Å². The van der Waals surface area contributed by atoms with Crippen LogP contribution >= 0.6 is 0 Å². The molecular weight excluding hydrogens is 248 g/mol. The van der Waals surface area contributed by atoms with E-state index in [1.807, 2.05) is 37.3 Å².